The van der Waals surface area contributed by atoms with Crippen molar-refractivity contribution < 1.29 is 18.0 Å². The quantitative estimate of drug-likeness (QED) is 0.446. The molecule has 3 nitrogen and oxygen atoms in total. The van der Waals surface area contributed by atoms with Crippen LogP contribution in [0.3, 0.4) is 0 Å². The van der Waals surface area contributed by atoms with E-state index in [9.17, 15) is 18.0 Å². The van der Waals surface area contributed by atoms with Crippen LogP contribution < -0.4 is 10.6 Å². The first-order chi connectivity index (χ1) is 15.3. The Hall–Kier alpha value is -2.83. The lowest BCUT2D eigenvalue weighted by molar-refractivity contribution is -0.137. The molecule has 0 spiro atoms. The topological polar surface area (TPSA) is 41.1 Å². The van der Waals surface area contributed by atoms with Crippen LogP contribution in [-0.4, -0.2) is 5.91 Å². The van der Waals surface area contributed by atoms with E-state index in [2.05, 4.69) is 22.8 Å². The van der Waals surface area contributed by atoms with E-state index in [1.807, 2.05) is 42.5 Å². The molecule has 2 atom stereocenters. The molecule has 0 radical (unpaired) electrons. The lowest BCUT2D eigenvalue weighted by Gasteiger charge is -2.30. The lowest BCUT2D eigenvalue weighted by atomic mass is 9.87. The number of aryl methyl sites for hydroxylation is 1. The van der Waals surface area contributed by atoms with Gasteiger partial charge in [0, 0.05) is 6.04 Å². The molecule has 0 heterocycles. The monoisotopic (exact) mass is 458 g/mol. The number of hydrogen-bond donors (Lipinski definition) is 2. The predicted octanol–water partition coefficient (Wildman–Crippen LogP) is 6.71. The number of hydrogen-bond acceptors (Lipinski definition) is 2. The molecule has 32 heavy (non-hydrogen) atoms. The molecule has 0 fully saturated rings. The Morgan fingerprint density at radius 2 is 1.72 bits per heavy atom. The first-order valence-electron chi connectivity index (χ1n) is 10.4. The van der Waals surface area contributed by atoms with Gasteiger partial charge in [-0.3, -0.25) is 10.1 Å². The molecule has 1 amide bonds. The second-order valence-corrected chi connectivity index (χ2v) is 8.24. The van der Waals surface area contributed by atoms with Gasteiger partial charge in [-0.15, -0.1) is 0 Å². The molecule has 3 aromatic rings. The third-order valence-corrected chi connectivity index (χ3v) is 6.01. The molecule has 0 aromatic heterocycles. The second kappa shape index (κ2) is 9.35. The Morgan fingerprint density at radius 1 is 1.00 bits per heavy atom. The highest BCUT2D eigenvalue weighted by Gasteiger charge is 2.32. The first-order valence-corrected chi connectivity index (χ1v) is 10.8. The Morgan fingerprint density at radius 3 is 2.47 bits per heavy atom. The smallest absolute Gasteiger partial charge is 0.323 e. The van der Waals surface area contributed by atoms with Crippen LogP contribution in [-0.2, 0) is 17.4 Å². The largest absolute Gasteiger partial charge is 0.416 e. The molecule has 0 saturated heterocycles. The normalized spacial score (nSPS) is 16.8. The fraction of sp³-hybridized carbons (Fsp3) is 0.240. The summed E-state index contributed by atoms with van der Waals surface area (Å²) in [7, 11) is 0. The van der Waals surface area contributed by atoms with Gasteiger partial charge in [-0.25, -0.2) is 0 Å². The summed E-state index contributed by atoms with van der Waals surface area (Å²) in [6.45, 7) is 0. The van der Waals surface area contributed by atoms with Gasteiger partial charge in [0.2, 0.25) is 5.91 Å². The number of carbonyl (C=O) groups excluding carboxylic acids is 1. The van der Waals surface area contributed by atoms with Gasteiger partial charge in [0.25, 0.3) is 0 Å². The van der Waals surface area contributed by atoms with Crippen LogP contribution in [0.4, 0.5) is 18.9 Å². The summed E-state index contributed by atoms with van der Waals surface area (Å²) >= 11 is 6.10. The zero-order valence-electron chi connectivity index (χ0n) is 17.1. The van der Waals surface area contributed by atoms with E-state index >= 15 is 0 Å². The number of anilines is 1. The average molecular weight is 459 g/mol. The summed E-state index contributed by atoms with van der Waals surface area (Å²) in [6, 6.07) is 19.3. The molecule has 0 aliphatic heterocycles. The predicted molar refractivity (Wildman–Crippen MR) is 120 cm³/mol. The van der Waals surface area contributed by atoms with Crippen molar-refractivity contribution >= 4 is 23.2 Å². The van der Waals surface area contributed by atoms with Crippen LogP contribution in [0.1, 0.15) is 47.2 Å². The van der Waals surface area contributed by atoms with Crippen molar-refractivity contribution in [3.8, 4) is 0 Å². The highest BCUT2D eigenvalue weighted by atomic mass is 35.5. The van der Waals surface area contributed by atoms with Crippen LogP contribution in [0.5, 0.6) is 0 Å². The average Bonchev–Trinajstić information content (AvgIpc) is 2.78. The fourth-order valence-corrected chi connectivity index (χ4v) is 4.26. The van der Waals surface area contributed by atoms with Crippen LogP contribution in [0.25, 0.3) is 0 Å². The van der Waals surface area contributed by atoms with E-state index in [0.717, 1.165) is 48.6 Å². The summed E-state index contributed by atoms with van der Waals surface area (Å²) in [4.78, 5) is 13.3. The van der Waals surface area contributed by atoms with Crippen molar-refractivity contribution in [2.45, 2.75) is 37.5 Å². The Balaban J connectivity index is 1.63. The molecule has 3 aromatic carbocycles. The van der Waals surface area contributed by atoms with Crippen molar-refractivity contribution in [1.29, 1.82) is 0 Å². The molecule has 166 valence electrons. The minimum absolute atomic E-state index is 0.0428. The number of alkyl halides is 3. The zero-order chi connectivity index (χ0) is 22.7. The summed E-state index contributed by atoms with van der Waals surface area (Å²) in [5, 5.41) is 6.08. The van der Waals surface area contributed by atoms with Crippen molar-refractivity contribution in [2.75, 3.05) is 5.32 Å². The van der Waals surface area contributed by atoms with E-state index in [-0.39, 0.29) is 16.8 Å². The zero-order valence-corrected chi connectivity index (χ0v) is 17.9. The molecule has 0 bridgehead atoms. The van der Waals surface area contributed by atoms with E-state index in [4.69, 9.17) is 11.6 Å². The Kier molecular flexibility index (Phi) is 6.53. The van der Waals surface area contributed by atoms with Gasteiger partial charge in [0.15, 0.2) is 0 Å². The van der Waals surface area contributed by atoms with Gasteiger partial charge >= 0.3 is 6.18 Å². The van der Waals surface area contributed by atoms with E-state index < -0.39 is 23.7 Å². The number of amides is 1. The molecule has 0 saturated carbocycles. The van der Waals surface area contributed by atoms with Crippen LogP contribution in [0.2, 0.25) is 5.02 Å². The van der Waals surface area contributed by atoms with Gasteiger partial charge in [-0.05, 0) is 54.2 Å². The summed E-state index contributed by atoms with van der Waals surface area (Å²) in [5.74, 6) is -0.472. The molecular weight excluding hydrogens is 437 g/mol. The van der Waals surface area contributed by atoms with E-state index in [1.165, 1.54) is 5.56 Å². The molecular formula is C25H22ClF3N2O. The third-order valence-electron chi connectivity index (χ3n) is 5.68. The van der Waals surface area contributed by atoms with Crippen molar-refractivity contribution in [2.24, 2.45) is 0 Å². The minimum Gasteiger partial charge on any atom is -0.323 e. The van der Waals surface area contributed by atoms with Crippen molar-refractivity contribution in [1.82, 2.24) is 5.32 Å². The number of halogens is 4. The fourth-order valence-electron chi connectivity index (χ4n) is 4.10. The van der Waals surface area contributed by atoms with E-state index in [0.29, 0.717) is 0 Å². The van der Waals surface area contributed by atoms with Crippen LogP contribution in [0.15, 0.2) is 72.8 Å². The highest BCUT2D eigenvalue weighted by Crippen LogP contribution is 2.35. The maximum absolute atomic E-state index is 13.3. The number of nitrogens with one attached hydrogen (secondary N) is 2. The second-order valence-electron chi connectivity index (χ2n) is 7.84. The molecule has 7 heteroatoms. The molecule has 1 aliphatic carbocycles. The highest BCUT2D eigenvalue weighted by molar-refractivity contribution is 6.33. The number of carbonyl (C=O) groups is 1. The number of benzene rings is 3. The molecule has 2 N–H and O–H groups in total. The van der Waals surface area contributed by atoms with Crippen LogP contribution >= 0.6 is 11.6 Å². The van der Waals surface area contributed by atoms with Gasteiger partial charge in [0.1, 0.15) is 6.04 Å². The van der Waals surface area contributed by atoms with Gasteiger partial charge in [0.05, 0.1) is 16.3 Å². The maximum Gasteiger partial charge on any atom is 0.416 e. The molecule has 4 rings (SSSR count). The van der Waals surface area contributed by atoms with Crippen molar-refractivity contribution in [3.05, 3.63) is 100 Å². The number of rotatable bonds is 5. The van der Waals surface area contributed by atoms with Gasteiger partial charge in [-0.2, -0.15) is 13.2 Å². The summed E-state index contributed by atoms with van der Waals surface area (Å²) in [5.41, 5.74) is 2.16. The SMILES string of the molecule is O=C(Nc1cc(C(F)(F)F)ccc1Cl)[C@H](N[C@@H]1CCCc2ccccc21)c1ccccc1. The standard InChI is InChI=1S/C25H22ClF3N2O/c26-20-14-13-18(25(27,28)29)15-22(20)31-24(32)23(17-8-2-1-3-9-17)30-21-12-6-10-16-7-4-5-11-19(16)21/h1-5,7-9,11,13-15,21,23,30H,6,10,12H2,(H,31,32)/t21-,23-/m1/s1. The first kappa shape index (κ1) is 22.4. The van der Waals surface area contributed by atoms with E-state index in [1.54, 1.807) is 0 Å². The maximum atomic E-state index is 13.3. The molecule has 0 unspecified atom stereocenters. The van der Waals surface area contributed by atoms with Gasteiger partial charge in [-0.1, -0.05) is 66.2 Å². The van der Waals surface area contributed by atoms with Gasteiger partial charge < -0.3 is 5.32 Å². The number of fused-ring (bicyclic) bond motifs is 1. The third kappa shape index (κ3) is 4.97. The summed E-state index contributed by atoms with van der Waals surface area (Å²) < 4.78 is 39.4. The Bertz CT molecular complexity index is 1100. The van der Waals surface area contributed by atoms with Crippen molar-refractivity contribution in [3.63, 3.8) is 0 Å². The minimum atomic E-state index is -4.53. The lowest BCUT2D eigenvalue weighted by Crippen LogP contribution is -2.37. The van der Waals surface area contributed by atoms with Crippen LogP contribution in [0, 0.1) is 0 Å². The Labute approximate surface area is 189 Å². The summed E-state index contributed by atoms with van der Waals surface area (Å²) in [6.07, 6.45) is -1.71. The molecule has 1 aliphatic rings.